The number of hydrogen-bond donors (Lipinski definition) is 1. The van der Waals surface area contributed by atoms with Gasteiger partial charge < -0.3 is 10.0 Å². The molecule has 15 heavy (non-hydrogen) atoms. The molecule has 3 heteroatoms. The summed E-state index contributed by atoms with van der Waals surface area (Å²) >= 11 is 0. The summed E-state index contributed by atoms with van der Waals surface area (Å²) in [7, 11) is 0. The van der Waals surface area contributed by atoms with Crippen LogP contribution in [0.25, 0.3) is 0 Å². The number of carbonyl (C=O) groups is 1. The summed E-state index contributed by atoms with van der Waals surface area (Å²) in [6.45, 7) is 2.67. The van der Waals surface area contributed by atoms with Gasteiger partial charge in [0, 0.05) is 18.5 Å². The molecule has 2 rings (SSSR count). The molecule has 0 aromatic heterocycles. The van der Waals surface area contributed by atoms with Gasteiger partial charge >= 0.3 is 0 Å². The molecule has 2 aliphatic rings. The van der Waals surface area contributed by atoms with E-state index in [4.69, 9.17) is 5.11 Å². The lowest BCUT2D eigenvalue weighted by molar-refractivity contribution is -0.140. The van der Waals surface area contributed by atoms with E-state index in [0.29, 0.717) is 18.5 Å². The van der Waals surface area contributed by atoms with Crippen molar-refractivity contribution >= 4 is 5.91 Å². The molecule has 0 heterocycles. The highest BCUT2D eigenvalue weighted by atomic mass is 16.3. The fourth-order valence-electron chi connectivity index (χ4n) is 2.34. The number of rotatable bonds is 5. The molecule has 2 fully saturated rings. The van der Waals surface area contributed by atoms with Crippen molar-refractivity contribution in [2.45, 2.75) is 45.1 Å². The van der Waals surface area contributed by atoms with Gasteiger partial charge in [0.05, 0.1) is 6.61 Å². The Kier molecular flexibility index (Phi) is 3.29. The van der Waals surface area contributed by atoms with Gasteiger partial charge in [-0.2, -0.15) is 0 Å². The Balaban J connectivity index is 1.92. The van der Waals surface area contributed by atoms with Crippen LogP contribution in [0.3, 0.4) is 0 Å². The molecule has 3 nitrogen and oxygen atoms in total. The summed E-state index contributed by atoms with van der Waals surface area (Å²) in [5.41, 5.74) is 0. The number of aliphatic hydroxyl groups is 1. The van der Waals surface area contributed by atoms with Gasteiger partial charge in [-0.1, -0.05) is 6.92 Å². The predicted molar refractivity (Wildman–Crippen MR) is 58.3 cm³/mol. The molecular weight excluding hydrogens is 190 g/mol. The SMILES string of the molecule is CC(C(=O)N(CCO)C1CCC1)C1CC1. The van der Waals surface area contributed by atoms with Crippen molar-refractivity contribution in [3.63, 3.8) is 0 Å². The lowest BCUT2D eigenvalue weighted by atomic mass is 9.90. The summed E-state index contributed by atoms with van der Waals surface area (Å²) in [5, 5.41) is 9.00. The molecule has 1 unspecified atom stereocenters. The van der Waals surface area contributed by atoms with Crippen LogP contribution in [0.2, 0.25) is 0 Å². The lowest BCUT2D eigenvalue weighted by Gasteiger charge is -2.38. The quantitative estimate of drug-likeness (QED) is 0.747. The van der Waals surface area contributed by atoms with Crippen molar-refractivity contribution in [1.29, 1.82) is 0 Å². The van der Waals surface area contributed by atoms with Gasteiger partial charge in [0.1, 0.15) is 0 Å². The summed E-state index contributed by atoms with van der Waals surface area (Å²) < 4.78 is 0. The van der Waals surface area contributed by atoms with Crippen LogP contribution >= 0.6 is 0 Å². The zero-order valence-corrected chi connectivity index (χ0v) is 9.48. The molecule has 0 saturated heterocycles. The van der Waals surface area contributed by atoms with Crippen LogP contribution in [0.5, 0.6) is 0 Å². The number of carbonyl (C=O) groups excluding carboxylic acids is 1. The summed E-state index contributed by atoms with van der Waals surface area (Å²) in [6.07, 6.45) is 5.92. The standard InChI is InChI=1S/C12H21NO2/c1-9(10-5-6-10)12(15)13(7-8-14)11-3-2-4-11/h9-11,14H,2-8H2,1H3. The van der Waals surface area contributed by atoms with E-state index in [1.54, 1.807) is 0 Å². The maximum atomic E-state index is 12.2. The first kappa shape index (κ1) is 10.9. The summed E-state index contributed by atoms with van der Waals surface area (Å²) in [6, 6.07) is 0.422. The Hall–Kier alpha value is -0.570. The third kappa shape index (κ3) is 2.33. The molecule has 1 amide bonds. The van der Waals surface area contributed by atoms with Crippen molar-refractivity contribution in [3.8, 4) is 0 Å². The fraction of sp³-hybridized carbons (Fsp3) is 0.917. The average Bonchev–Trinajstić information content (AvgIpc) is 2.95. The smallest absolute Gasteiger partial charge is 0.226 e. The van der Waals surface area contributed by atoms with Crippen LogP contribution in [0.4, 0.5) is 0 Å². The van der Waals surface area contributed by atoms with E-state index < -0.39 is 0 Å². The summed E-state index contributed by atoms with van der Waals surface area (Å²) in [4.78, 5) is 14.1. The minimum atomic E-state index is 0.0969. The minimum Gasteiger partial charge on any atom is -0.395 e. The van der Waals surface area contributed by atoms with E-state index in [1.165, 1.54) is 19.3 Å². The second-order valence-corrected chi connectivity index (χ2v) is 4.97. The summed E-state index contributed by atoms with van der Waals surface area (Å²) in [5.74, 6) is 1.08. The second-order valence-electron chi connectivity index (χ2n) is 4.97. The number of amides is 1. The third-order valence-corrected chi connectivity index (χ3v) is 3.86. The van der Waals surface area contributed by atoms with Crippen LogP contribution in [-0.2, 0) is 4.79 Å². The van der Waals surface area contributed by atoms with Crippen molar-refractivity contribution in [3.05, 3.63) is 0 Å². The van der Waals surface area contributed by atoms with Crippen molar-refractivity contribution in [2.24, 2.45) is 11.8 Å². The van der Waals surface area contributed by atoms with Crippen molar-refractivity contribution in [1.82, 2.24) is 4.90 Å². The van der Waals surface area contributed by atoms with Gasteiger partial charge in [0.2, 0.25) is 5.91 Å². The van der Waals surface area contributed by atoms with Gasteiger partial charge in [0.25, 0.3) is 0 Å². The van der Waals surface area contributed by atoms with E-state index in [0.717, 1.165) is 12.8 Å². The van der Waals surface area contributed by atoms with Crippen LogP contribution in [0.1, 0.15) is 39.0 Å². The molecule has 0 spiro atoms. The first-order valence-corrected chi connectivity index (χ1v) is 6.15. The van der Waals surface area contributed by atoms with Gasteiger partial charge in [-0.3, -0.25) is 4.79 Å². The van der Waals surface area contributed by atoms with Crippen LogP contribution in [-0.4, -0.2) is 35.1 Å². The topological polar surface area (TPSA) is 40.5 Å². The minimum absolute atomic E-state index is 0.0969. The van der Waals surface area contributed by atoms with Gasteiger partial charge in [-0.15, -0.1) is 0 Å². The highest BCUT2D eigenvalue weighted by Crippen LogP contribution is 2.38. The van der Waals surface area contributed by atoms with Crippen LogP contribution < -0.4 is 0 Å². The van der Waals surface area contributed by atoms with Crippen molar-refractivity contribution < 1.29 is 9.90 Å². The molecule has 1 N–H and O–H groups in total. The van der Waals surface area contributed by atoms with Crippen LogP contribution in [0.15, 0.2) is 0 Å². The lowest BCUT2D eigenvalue weighted by Crippen LogP contribution is -2.48. The second kappa shape index (κ2) is 4.52. The van der Waals surface area contributed by atoms with Crippen LogP contribution in [0, 0.1) is 11.8 Å². The largest absolute Gasteiger partial charge is 0.395 e. The van der Waals surface area contributed by atoms with E-state index in [-0.39, 0.29) is 18.4 Å². The average molecular weight is 211 g/mol. The van der Waals surface area contributed by atoms with Crippen molar-refractivity contribution in [2.75, 3.05) is 13.2 Å². The molecule has 0 bridgehead atoms. The fourth-order valence-corrected chi connectivity index (χ4v) is 2.34. The van der Waals surface area contributed by atoms with E-state index in [1.807, 2.05) is 11.8 Å². The first-order valence-electron chi connectivity index (χ1n) is 6.15. The van der Waals surface area contributed by atoms with E-state index >= 15 is 0 Å². The number of aliphatic hydroxyl groups excluding tert-OH is 1. The predicted octanol–water partition coefficient (Wildman–Crippen LogP) is 1.41. The molecule has 0 aliphatic heterocycles. The highest BCUT2D eigenvalue weighted by Gasteiger charge is 2.37. The van der Waals surface area contributed by atoms with Gasteiger partial charge in [0.15, 0.2) is 0 Å². The number of nitrogens with zero attached hydrogens (tertiary/aromatic N) is 1. The highest BCUT2D eigenvalue weighted by molar-refractivity contribution is 5.79. The molecule has 0 aromatic carbocycles. The maximum Gasteiger partial charge on any atom is 0.226 e. The third-order valence-electron chi connectivity index (χ3n) is 3.86. The van der Waals surface area contributed by atoms with E-state index in [9.17, 15) is 4.79 Å². The Morgan fingerprint density at radius 2 is 2.07 bits per heavy atom. The normalized spacial score (nSPS) is 23.3. The zero-order valence-electron chi connectivity index (χ0n) is 9.48. The Bertz CT molecular complexity index is 234. The number of hydrogen-bond acceptors (Lipinski definition) is 2. The molecule has 0 aromatic rings. The Morgan fingerprint density at radius 3 is 2.47 bits per heavy atom. The Morgan fingerprint density at radius 1 is 1.40 bits per heavy atom. The zero-order chi connectivity index (χ0) is 10.8. The molecule has 86 valence electrons. The molecule has 0 radical (unpaired) electrons. The molecule has 2 aliphatic carbocycles. The molecule has 2 saturated carbocycles. The van der Waals surface area contributed by atoms with Gasteiger partial charge in [-0.25, -0.2) is 0 Å². The molecule has 1 atom stereocenters. The monoisotopic (exact) mass is 211 g/mol. The first-order chi connectivity index (χ1) is 7.24. The van der Waals surface area contributed by atoms with E-state index in [2.05, 4.69) is 0 Å². The van der Waals surface area contributed by atoms with Gasteiger partial charge in [-0.05, 0) is 38.0 Å². The maximum absolute atomic E-state index is 12.2. The molecular formula is C12H21NO2. The Labute approximate surface area is 91.5 Å².